The van der Waals surface area contributed by atoms with Gasteiger partial charge < -0.3 is 4.74 Å². The Bertz CT molecular complexity index is 543. The Morgan fingerprint density at radius 1 is 1.22 bits per heavy atom. The lowest BCUT2D eigenvalue weighted by molar-refractivity contribution is -0.141. The second kappa shape index (κ2) is 5.74. The number of hydrogen-bond acceptors (Lipinski definition) is 5. The molecule has 0 aliphatic heterocycles. The van der Waals surface area contributed by atoms with Gasteiger partial charge in [-0.1, -0.05) is 12.1 Å². The fraction of sp³-hybridized carbons (Fsp3) is 0.273. The van der Waals surface area contributed by atoms with Gasteiger partial charge in [0.05, 0.1) is 11.5 Å². The highest BCUT2D eigenvalue weighted by atomic mass is 32.2. The predicted octanol–water partition coefficient (Wildman–Crippen LogP) is 1.07. The topological polar surface area (TPSA) is 97.7 Å². The second-order valence-electron chi connectivity index (χ2n) is 3.40. The Hall–Kier alpha value is -1.73. The molecule has 0 unspecified atom stereocenters. The van der Waals surface area contributed by atoms with Gasteiger partial charge in [0.1, 0.15) is 6.42 Å². The third-order valence-corrected chi connectivity index (χ3v) is 2.95. The van der Waals surface area contributed by atoms with Crippen LogP contribution in [0.2, 0.25) is 0 Å². The van der Waals surface area contributed by atoms with Gasteiger partial charge >= 0.3 is 5.97 Å². The van der Waals surface area contributed by atoms with E-state index in [9.17, 15) is 18.0 Å². The Labute approximate surface area is 104 Å². The Kier molecular flexibility index (Phi) is 4.57. The summed E-state index contributed by atoms with van der Waals surface area (Å²) in [5, 5.41) is 0. The van der Waals surface area contributed by atoms with Crippen LogP contribution in [-0.2, 0) is 19.6 Å². The minimum Gasteiger partial charge on any atom is -0.466 e. The molecule has 0 spiro atoms. The molecule has 1 aromatic carbocycles. The summed E-state index contributed by atoms with van der Waals surface area (Å²) in [6, 6.07) is 4.64. The van der Waals surface area contributed by atoms with Crippen molar-refractivity contribution in [1.82, 2.24) is 0 Å². The zero-order valence-corrected chi connectivity index (χ0v) is 10.4. The molecule has 1 N–H and O–H groups in total. The number of esters is 1. The number of Topliss-reactive ketones (excluding diaryl/α,β-unsaturated/α-hetero) is 1. The van der Waals surface area contributed by atoms with Crippen LogP contribution in [0, 0.1) is 0 Å². The van der Waals surface area contributed by atoms with Gasteiger partial charge in [0.2, 0.25) is 0 Å². The summed E-state index contributed by atoms with van der Waals surface area (Å²) < 4.78 is 34.9. The van der Waals surface area contributed by atoms with Gasteiger partial charge in [0.25, 0.3) is 10.1 Å². The van der Waals surface area contributed by atoms with Crippen molar-refractivity contribution >= 4 is 21.9 Å². The largest absolute Gasteiger partial charge is 0.466 e. The molecule has 0 aromatic heterocycles. The summed E-state index contributed by atoms with van der Waals surface area (Å²) in [6.45, 7) is 1.82. The zero-order valence-electron chi connectivity index (χ0n) is 9.62. The van der Waals surface area contributed by atoms with Gasteiger partial charge in [-0.2, -0.15) is 8.42 Å². The summed E-state index contributed by atoms with van der Waals surface area (Å²) in [5.74, 6) is -1.11. The van der Waals surface area contributed by atoms with Crippen LogP contribution >= 0.6 is 0 Å². The van der Waals surface area contributed by atoms with Crippen molar-refractivity contribution in [2.75, 3.05) is 6.61 Å². The maximum Gasteiger partial charge on any atom is 0.313 e. The lowest BCUT2D eigenvalue weighted by Gasteiger charge is -2.02. The van der Waals surface area contributed by atoms with E-state index in [0.717, 1.165) is 12.1 Å². The van der Waals surface area contributed by atoms with Crippen molar-refractivity contribution in [3.05, 3.63) is 29.8 Å². The first kappa shape index (κ1) is 14.3. The molecule has 0 heterocycles. The van der Waals surface area contributed by atoms with Gasteiger partial charge in [-0.3, -0.25) is 14.1 Å². The van der Waals surface area contributed by atoms with Crippen molar-refractivity contribution in [1.29, 1.82) is 0 Å². The minimum absolute atomic E-state index is 0.176. The molecular formula is C11H12O6S. The molecule has 0 aliphatic rings. The van der Waals surface area contributed by atoms with E-state index in [1.165, 1.54) is 12.1 Å². The van der Waals surface area contributed by atoms with Crippen molar-refractivity contribution in [2.24, 2.45) is 0 Å². The zero-order chi connectivity index (χ0) is 13.8. The SMILES string of the molecule is CCOC(=O)CC(=O)c1ccc(S(=O)(=O)O)cc1. The van der Waals surface area contributed by atoms with Crippen molar-refractivity contribution in [2.45, 2.75) is 18.2 Å². The lowest BCUT2D eigenvalue weighted by Crippen LogP contribution is -2.11. The number of ether oxygens (including phenoxy) is 1. The molecule has 1 rings (SSSR count). The van der Waals surface area contributed by atoms with Crippen LogP contribution in [0.3, 0.4) is 0 Å². The molecule has 6 nitrogen and oxygen atoms in total. The lowest BCUT2D eigenvalue weighted by atomic mass is 10.1. The number of ketones is 1. The first-order valence-corrected chi connectivity index (χ1v) is 6.55. The van der Waals surface area contributed by atoms with E-state index in [1.54, 1.807) is 6.92 Å². The number of carbonyl (C=O) groups excluding carboxylic acids is 2. The first-order chi connectivity index (χ1) is 8.34. The average molecular weight is 272 g/mol. The molecule has 0 aliphatic carbocycles. The predicted molar refractivity (Wildman–Crippen MR) is 61.8 cm³/mol. The Morgan fingerprint density at radius 2 is 1.78 bits per heavy atom. The molecule has 7 heteroatoms. The van der Waals surface area contributed by atoms with E-state index >= 15 is 0 Å². The fourth-order valence-corrected chi connectivity index (χ4v) is 1.74. The summed E-state index contributed by atoms with van der Waals surface area (Å²) in [4.78, 5) is 22.3. The molecule has 1 aromatic rings. The summed E-state index contributed by atoms with van der Waals surface area (Å²) in [7, 11) is -4.28. The molecule has 0 bridgehead atoms. The highest BCUT2D eigenvalue weighted by Crippen LogP contribution is 2.11. The molecule has 0 radical (unpaired) electrons. The Morgan fingerprint density at radius 3 is 2.22 bits per heavy atom. The normalized spacial score (nSPS) is 11.0. The van der Waals surface area contributed by atoms with Gasteiger partial charge in [-0.05, 0) is 19.1 Å². The van der Waals surface area contributed by atoms with E-state index in [-0.39, 0.29) is 17.1 Å². The van der Waals surface area contributed by atoms with Crippen LogP contribution in [-0.4, -0.2) is 31.3 Å². The first-order valence-electron chi connectivity index (χ1n) is 5.11. The standard InChI is InChI=1S/C11H12O6S/c1-2-17-11(13)7-10(12)8-3-5-9(6-4-8)18(14,15)16/h3-6H,2,7H2,1H3,(H,14,15,16). The number of hydrogen-bond donors (Lipinski definition) is 1. The highest BCUT2D eigenvalue weighted by molar-refractivity contribution is 7.85. The fourth-order valence-electron chi connectivity index (χ4n) is 1.26. The minimum atomic E-state index is -4.28. The highest BCUT2D eigenvalue weighted by Gasteiger charge is 2.14. The van der Waals surface area contributed by atoms with Crippen molar-refractivity contribution < 1.29 is 27.3 Å². The van der Waals surface area contributed by atoms with Crippen molar-refractivity contribution in [3.8, 4) is 0 Å². The quantitative estimate of drug-likeness (QED) is 0.372. The van der Waals surface area contributed by atoms with Crippen LogP contribution in [0.1, 0.15) is 23.7 Å². The van der Waals surface area contributed by atoms with Crippen LogP contribution < -0.4 is 0 Å². The van der Waals surface area contributed by atoms with E-state index in [0.29, 0.717) is 0 Å². The van der Waals surface area contributed by atoms with Crippen LogP contribution in [0.4, 0.5) is 0 Å². The molecule has 0 fully saturated rings. The molecule has 0 amide bonds. The molecule has 0 saturated carbocycles. The third-order valence-electron chi connectivity index (χ3n) is 2.08. The molecule has 0 atom stereocenters. The maximum atomic E-state index is 11.6. The Balaban J connectivity index is 2.80. The molecular weight excluding hydrogens is 260 g/mol. The molecule has 18 heavy (non-hydrogen) atoms. The smallest absolute Gasteiger partial charge is 0.313 e. The van der Waals surface area contributed by atoms with Gasteiger partial charge in [-0.15, -0.1) is 0 Å². The summed E-state index contributed by atoms with van der Waals surface area (Å²) >= 11 is 0. The monoisotopic (exact) mass is 272 g/mol. The third kappa shape index (κ3) is 3.94. The van der Waals surface area contributed by atoms with E-state index < -0.39 is 28.3 Å². The van der Waals surface area contributed by atoms with Crippen molar-refractivity contribution in [3.63, 3.8) is 0 Å². The second-order valence-corrected chi connectivity index (χ2v) is 4.83. The van der Waals surface area contributed by atoms with Crippen LogP contribution in [0.15, 0.2) is 29.2 Å². The molecule has 98 valence electrons. The van der Waals surface area contributed by atoms with E-state index in [1.807, 2.05) is 0 Å². The molecule has 0 saturated heterocycles. The maximum absolute atomic E-state index is 11.6. The van der Waals surface area contributed by atoms with Gasteiger partial charge in [0, 0.05) is 5.56 Å². The number of rotatable bonds is 5. The van der Waals surface area contributed by atoms with E-state index in [4.69, 9.17) is 4.55 Å². The van der Waals surface area contributed by atoms with E-state index in [2.05, 4.69) is 4.74 Å². The number of benzene rings is 1. The van der Waals surface area contributed by atoms with Crippen LogP contribution in [0.5, 0.6) is 0 Å². The van der Waals surface area contributed by atoms with Gasteiger partial charge in [-0.25, -0.2) is 0 Å². The summed E-state index contributed by atoms with van der Waals surface area (Å²) in [5.41, 5.74) is 0.176. The number of carbonyl (C=O) groups is 2. The van der Waals surface area contributed by atoms with Crippen LogP contribution in [0.25, 0.3) is 0 Å². The average Bonchev–Trinajstić information content (AvgIpc) is 2.28. The van der Waals surface area contributed by atoms with Gasteiger partial charge in [0.15, 0.2) is 5.78 Å². The summed E-state index contributed by atoms with van der Waals surface area (Å²) in [6.07, 6.45) is -0.404.